The minimum atomic E-state index is -0.518. The van der Waals surface area contributed by atoms with E-state index in [1.54, 1.807) is 24.4 Å². The van der Waals surface area contributed by atoms with Crippen molar-refractivity contribution in [1.29, 1.82) is 0 Å². The van der Waals surface area contributed by atoms with Crippen molar-refractivity contribution in [3.05, 3.63) is 64.0 Å². The number of nitrogens with zero attached hydrogens (tertiary/aromatic N) is 2. The second-order valence-electron chi connectivity index (χ2n) is 6.64. The predicted molar refractivity (Wildman–Crippen MR) is 100 cm³/mol. The third-order valence-corrected chi connectivity index (χ3v) is 4.67. The number of hydrogen-bond acceptors (Lipinski definition) is 6. The van der Waals surface area contributed by atoms with Gasteiger partial charge in [0.1, 0.15) is 0 Å². The molecule has 8 nitrogen and oxygen atoms in total. The molecule has 0 aliphatic heterocycles. The van der Waals surface area contributed by atoms with Gasteiger partial charge in [0.25, 0.3) is 11.6 Å². The van der Waals surface area contributed by atoms with E-state index in [0.29, 0.717) is 24.2 Å². The van der Waals surface area contributed by atoms with Crippen LogP contribution in [-0.2, 0) is 6.54 Å². The number of amides is 1. The molecule has 1 amide bonds. The largest absolute Gasteiger partial charge is 0.393 e. The van der Waals surface area contributed by atoms with Crippen molar-refractivity contribution in [3.63, 3.8) is 0 Å². The average molecular weight is 370 g/mol. The molecular formula is C19H22N4O4. The molecule has 142 valence electrons. The standard InChI is InChI=1S/C19H22N4O4/c24-16-7-4-13(5-8-16)22-18-9-6-15(23(26)27)11-17(18)19(25)21-12-14-3-1-2-10-20-14/h1-3,6,9-11,13,16,22,24H,4-5,7-8,12H2,(H,21,25)/t13-,16-. The Balaban J connectivity index is 1.76. The van der Waals surface area contributed by atoms with E-state index < -0.39 is 10.8 Å². The number of rotatable bonds is 6. The number of non-ortho nitro benzene ring substituents is 1. The van der Waals surface area contributed by atoms with Crippen LogP contribution >= 0.6 is 0 Å². The summed E-state index contributed by atoms with van der Waals surface area (Å²) in [6.07, 6.45) is 4.33. The van der Waals surface area contributed by atoms with Gasteiger partial charge in [-0.3, -0.25) is 19.9 Å². The molecule has 0 saturated heterocycles. The number of anilines is 1. The minimum Gasteiger partial charge on any atom is -0.393 e. The number of nitrogens with one attached hydrogen (secondary N) is 2. The number of aliphatic hydroxyl groups excluding tert-OH is 1. The fraction of sp³-hybridized carbons (Fsp3) is 0.368. The zero-order chi connectivity index (χ0) is 19.2. The summed E-state index contributed by atoms with van der Waals surface area (Å²) in [7, 11) is 0. The van der Waals surface area contributed by atoms with Crippen LogP contribution in [0.3, 0.4) is 0 Å². The first kappa shape index (κ1) is 18.8. The summed E-state index contributed by atoms with van der Waals surface area (Å²) in [5, 5.41) is 26.8. The van der Waals surface area contributed by atoms with E-state index >= 15 is 0 Å². The summed E-state index contributed by atoms with van der Waals surface area (Å²) in [5.74, 6) is -0.400. The molecule has 1 aliphatic carbocycles. The highest BCUT2D eigenvalue weighted by Gasteiger charge is 2.22. The molecular weight excluding hydrogens is 348 g/mol. The molecule has 0 radical (unpaired) electrons. The zero-order valence-electron chi connectivity index (χ0n) is 14.8. The van der Waals surface area contributed by atoms with Gasteiger partial charge in [-0.2, -0.15) is 0 Å². The van der Waals surface area contributed by atoms with Gasteiger partial charge in [-0.25, -0.2) is 0 Å². The third-order valence-electron chi connectivity index (χ3n) is 4.67. The zero-order valence-corrected chi connectivity index (χ0v) is 14.8. The Hall–Kier alpha value is -3.00. The van der Waals surface area contributed by atoms with Gasteiger partial charge in [-0.15, -0.1) is 0 Å². The van der Waals surface area contributed by atoms with Crippen molar-refractivity contribution < 1.29 is 14.8 Å². The molecule has 0 atom stereocenters. The van der Waals surface area contributed by atoms with Crippen LogP contribution in [-0.4, -0.2) is 33.1 Å². The summed E-state index contributed by atoms with van der Waals surface area (Å²) in [6, 6.07) is 9.76. The molecule has 27 heavy (non-hydrogen) atoms. The molecule has 0 spiro atoms. The van der Waals surface area contributed by atoms with E-state index in [-0.39, 0.29) is 29.9 Å². The quantitative estimate of drug-likeness (QED) is 0.531. The highest BCUT2D eigenvalue weighted by atomic mass is 16.6. The maximum atomic E-state index is 12.7. The number of aromatic nitrogens is 1. The number of nitro groups is 1. The van der Waals surface area contributed by atoms with Crippen molar-refractivity contribution in [2.24, 2.45) is 0 Å². The number of pyridine rings is 1. The second kappa shape index (κ2) is 8.59. The van der Waals surface area contributed by atoms with Gasteiger partial charge in [0, 0.05) is 30.1 Å². The Kier molecular flexibility index (Phi) is 5.97. The van der Waals surface area contributed by atoms with E-state index in [9.17, 15) is 20.0 Å². The lowest BCUT2D eigenvalue weighted by Gasteiger charge is -2.27. The number of benzene rings is 1. The Bertz CT molecular complexity index is 805. The number of aliphatic hydroxyl groups is 1. The first-order chi connectivity index (χ1) is 13.0. The topological polar surface area (TPSA) is 117 Å². The average Bonchev–Trinajstić information content (AvgIpc) is 2.69. The van der Waals surface area contributed by atoms with E-state index in [2.05, 4.69) is 15.6 Å². The summed E-state index contributed by atoms with van der Waals surface area (Å²) >= 11 is 0. The van der Waals surface area contributed by atoms with Crippen LogP contribution in [0.2, 0.25) is 0 Å². The van der Waals surface area contributed by atoms with Gasteiger partial charge >= 0.3 is 0 Å². The fourth-order valence-corrected chi connectivity index (χ4v) is 3.17. The summed E-state index contributed by atoms with van der Waals surface area (Å²) < 4.78 is 0. The van der Waals surface area contributed by atoms with Crippen molar-refractivity contribution in [2.45, 2.75) is 44.4 Å². The van der Waals surface area contributed by atoms with E-state index in [4.69, 9.17) is 0 Å². The highest BCUT2D eigenvalue weighted by Crippen LogP contribution is 2.27. The van der Waals surface area contributed by atoms with Crippen molar-refractivity contribution in [1.82, 2.24) is 10.3 Å². The van der Waals surface area contributed by atoms with Gasteiger partial charge in [0.2, 0.25) is 0 Å². The molecule has 1 aromatic carbocycles. The first-order valence-corrected chi connectivity index (χ1v) is 8.94. The molecule has 1 fully saturated rings. The predicted octanol–water partition coefficient (Wildman–Crippen LogP) is 2.64. The molecule has 1 aliphatic rings. The SMILES string of the molecule is O=C(NCc1ccccn1)c1cc([N+](=O)[O-])ccc1N[C@H]1CC[C@H](O)CC1. The molecule has 8 heteroatoms. The van der Waals surface area contributed by atoms with Crippen LogP contribution < -0.4 is 10.6 Å². The molecule has 0 bridgehead atoms. The number of nitro benzene ring substituents is 1. The van der Waals surface area contributed by atoms with Crippen LogP contribution in [0.1, 0.15) is 41.7 Å². The van der Waals surface area contributed by atoms with Crippen molar-refractivity contribution in [3.8, 4) is 0 Å². The van der Waals surface area contributed by atoms with Crippen LogP contribution in [0.4, 0.5) is 11.4 Å². The van der Waals surface area contributed by atoms with Gasteiger partial charge < -0.3 is 15.7 Å². The lowest BCUT2D eigenvalue weighted by molar-refractivity contribution is -0.384. The summed E-state index contributed by atoms with van der Waals surface area (Å²) in [4.78, 5) is 27.4. The second-order valence-corrected chi connectivity index (χ2v) is 6.64. The Morgan fingerprint density at radius 2 is 2.00 bits per heavy atom. The van der Waals surface area contributed by atoms with Crippen LogP contribution in [0, 0.1) is 10.1 Å². The van der Waals surface area contributed by atoms with Crippen LogP contribution in [0.15, 0.2) is 42.6 Å². The van der Waals surface area contributed by atoms with E-state index in [1.807, 2.05) is 6.07 Å². The maximum absolute atomic E-state index is 12.7. The molecule has 3 rings (SSSR count). The summed E-state index contributed by atoms with van der Waals surface area (Å²) in [5.41, 5.74) is 1.35. The molecule has 1 aromatic heterocycles. The lowest BCUT2D eigenvalue weighted by Crippen LogP contribution is -2.30. The molecule has 0 unspecified atom stereocenters. The number of carbonyl (C=O) groups excluding carboxylic acids is 1. The van der Waals surface area contributed by atoms with Gasteiger partial charge in [-0.05, 0) is 43.9 Å². The Morgan fingerprint density at radius 1 is 1.22 bits per heavy atom. The van der Waals surface area contributed by atoms with Gasteiger partial charge in [0.05, 0.1) is 28.8 Å². The molecule has 3 N–H and O–H groups in total. The monoisotopic (exact) mass is 370 g/mol. The van der Waals surface area contributed by atoms with Crippen LogP contribution in [0.5, 0.6) is 0 Å². The van der Waals surface area contributed by atoms with Gasteiger partial charge in [0.15, 0.2) is 0 Å². The first-order valence-electron chi connectivity index (χ1n) is 8.94. The summed E-state index contributed by atoms with van der Waals surface area (Å²) in [6.45, 7) is 0.234. The lowest BCUT2D eigenvalue weighted by atomic mass is 9.92. The highest BCUT2D eigenvalue weighted by molar-refractivity contribution is 6.00. The number of hydrogen-bond donors (Lipinski definition) is 3. The number of carbonyl (C=O) groups is 1. The normalized spacial score (nSPS) is 19.3. The van der Waals surface area contributed by atoms with E-state index in [1.165, 1.54) is 12.1 Å². The Labute approximate surface area is 156 Å². The Morgan fingerprint density at radius 3 is 2.67 bits per heavy atom. The van der Waals surface area contributed by atoms with Crippen LogP contribution in [0.25, 0.3) is 0 Å². The molecule has 1 heterocycles. The van der Waals surface area contributed by atoms with Crippen molar-refractivity contribution >= 4 is 17.3 Å². The molecule has 1 saturated carbocycles. The van der Waals surface area contributed by atoms with E-state index in [0.717, 1.165) is 12.8 Å². The third kappa shape index (κ3) is 5.01. The van der Waals surface area contributed by atoms with Gasteiger partial charge in [-0.1, -0.05) is 6.07 Å². The fourth-order valence-electron chi connectivity index (χ4n) is 3.17. The van der Waals surface area contributed by atoms with Crippen molar-refractivity contribution in [2.75, 3.05) is 5.32 Å². The smallest absolute Gasteiger partial charge is 0.270 e. The molecule has 2 aromatic rings. The maximum Gasteiger partial charge on any atom is 0.270 e. The minimum absolute atomic E-state index is 0.122.